The molecule has 2 rings (SSSR count). The minimum absolute atomic E-state index is 0.131. The van der Waals surface area contributed by atoms with Crippen molar-refractivity contribution in [2.75, 3.05) is 6.61 Å². The number of benzene rings is 1. The Balaban J connectivity index is 2.27. The standard InChI is InChI=1S/C14H15ClOS/c1-14(10-16,9-13-3-2-8-17-13)11-4-6-12(15)7-5-11/h2-8,16H,9-10H2,1H3. The zero-order valence-electron chi connectivity index (χ0n) is 9.69. The summed E-state index contributed by atoms with van der Waals surface area (Å²) < 4.78 is 0. The summed E-state index contributed by atoms with van der Waals surface area (Å²) in [5.74, 6) is 0. The van der Waals surface area contributed by atoms with Crippen LogP contribution in [0.3, 0.4) is 0 Å². The Labute approximate surface area is 111 Å². The van der Waals surface area contributed by atoms with Crippen LogP contribution in [0.1, 0.15) is 17.4 Å². The maximum Gasteiger partial charge on any atom is 0.0528 e. The topological polar surface area (TPSA) is 20.2 Å². The van der Waals surface area contributed by atoms with Crippen LogP contribution in [0.25, 0.3) is 0 Å². The molecule has 1 heterocycles. The lowest BCUT2D eigenvalue weighted by Crippen LogP contribution is -2.29. The maximum atomic E-state index is 9.68. The smallest absolute Gasteiger partial charge is 0.0528 e. The summed E-state index contributed by atoms with van der Waals surface area (Å²) in [5, 5.41) is 12.5. The Morgan fingerprint density at radius 3 is 2.47 bits per heavy atom. The number of aliphatic hydroxyl groups is 1. The van der Waals surface area contributed by atoms with Gasteiger partial charge in [0, 0.05) is 15.3 Å². The average Bonchev–Trinajstić information content (AvgIpc) is 2.82. The lowest BCUT2D eigenvalue weighted by Gasteiger charge is -2.27. The molecule has 0 aliphatic carbocycles. The van der Waals surface area contributed by atoms with Gasteiger partial charge in [-0.1, -0.05) is 36.7 Å². The first-order chi connectivity index (χ1) is 8.14. The van der Waals surface area contributed by atoms with E-state index >= 15 is 0 Å². The van der Waals surface area contributed by atoms with E-state index in [0.29, 0.717) is 0 Å². The summed E-state index contributed by atoms with van der Waals surface area (Å²) in [6.07, 6.45) is 0.850. The Morgan fingerprint density at radius 1 is 1.24 bits per heavy atom. The van der Waals surface area contributed by atoms with Crippen molar-refractivity contribution in [1.82, 2.24) is 0 Å². The van der Waals surface area contributed by atoms with Gasteiger partial charge in [0.15, 0.2) is 0 Å². The number of thiophene rings is 1. The average molecular weight is 267 g/mol. The molecule has 1 nitrogen and oxygen atoms in total. The molecule has 17 heavy (non-hydrogen) atoms. The Kier molecular flexibility index (Phi) is 3.87. The molecule has 0 aliphatic heterocycles. The third kappa shape index (κ3) is 2.89. The molecule has 0 spiro atoms. The van der Waals surface area contributed by atoms with Gasteiger partial charge in [-0.3, -0.25) is 0 Å². The van der Waals surface area contributed by atoms with E-state index < -0.39 is 0 Å². The number of halogens is 1. The number of hydrogen-bond acceptors (Lipinski definition) is 2. The Bertz CT molecular complexity index is 463. The highest BCUT2D eigenvalue weighted by molar-refractivity contribution is 7.09. The van der Waals surface area contributed by atoms with Gasteiger partial charge >= 0.3 is 0 Å². The molecule has 0 saturated heterocycles. The van der Waals surface area contributed by atoms with Crippen molar-refractivity contribution in [3.05, 3.63) is 57.2 Å². The molecule has 0 amide bonds. The summed E-state index contributed by atoms with van der Waals surface area (Å²) in [6, 6.07) is 11.9. The van der Waals surface area contributed by atoms with Gasteiger partial charge in [0.1, 0.15) is 0 Å². The van der Waals surface area contributed by atoms with Gasteiger partial charge in [-0.15, -0.1) is 11.3 Å². The molecular weight excluding hydrogens is 252 g/mol. The molecule has 0 saturated carbocycles. The number of rotatable bonds is 4. The normalized spacial score (nSPS) is 14.5. The number of aliphatic hydroxyl groups excluding tert-OH is 1. The van der Waals surface area contributed by atoms with E-state index in [1.807, 2.05) is 30.3 Å². The van der Waals surface area contributed by atoms with Gasteiger partial charge in [0.2, 0.25) is 0 Å². The maximum absolute atomic E-state index is 9.68. The second-order valence-electron chi connectivity index (χ2n) is 4.48. The van der Waals surface area contributed by atoms with Crippen molar-refractivity contribution in [3.63, 3.8) is 0 Å². The lowest BCUT2D eigenvalue weighted by molar-refractivity contribution is 0.205. The zero-order chi connectivity index (χ0) is 12.3. The van der Waals surface area contributed by atoms with Gasteiger partial charge < -0.3 is 5.11 Å². The van der Waals surface area contributed by atoms with Crippen molar-refractivity contribution in [3.8, 4) is 0 Å². The SMILES string of the molecule is CC(CO)(Cc1cccs1)c1ccc(Cl)cc1. The highest BCUT2D eigenvalue weighted by atomic mass is 35.5. The van der Waals surface area contributed by atoms with Gasteiger partial charge in [-0.05, 0) is 35.6 Å². The lowest BCUT2D eigenvalue weighted by atomic mass is 9.80. The van der Waals surface area contributed by atoms with Crippen LogP contribution in [0, 0.1) is 0 Å². The second-order valence-corrected chi connectivity index (χ2v) is 5.95. The fraction of sp³-hybridized carbons (Fsp3) is 0.286. The van der Waals surface area contributed by atoms with Gasteiger partial charge in [0.25, 0.3) is 0 Å². The third-order valence-electron chi connectivity index (χ3n) is 3.03. The van der Waals surface area contributed by atoms with Crippen molar-refractivity contribution in [1.29, 1.82) is 0 Å². The van der Waals surface area contributed by atoms with Crippen molar-refractivity contribution >= 4 is 22.9 Å². The molecule has 0 fully saturated rings. The number of hydrogen-bond donors (Lipinski definition) is 1. The molecule has 1 unspecified atom stereocenters. The van der Waals surface area contributed by atoms with E-state index in [9.17, 15) is 5.11 Å². The second kappa shape index (κ2) is 5.21. The van der Waals surface area contributed by atoms with Crippen LogP contribution in [-0.2, 0) is 11.8 Å². The first-order valence-corrected chi connectivity index (χ1v) is 6.79. The van der Waals surface area contributed by atoms with Gasteiger partial charge in [-0.2, -0.15) is 0 Å². The molecule has 0 bridgehead atoms. The van der Waals surface area contributed by atoms with E-state index in [4.69, 9.17) is 11.6 Å². The Morgan fingerprint density at radius 2 is 1.94 bits per heavy atom. The van der Waals surface area contributed by atoms with Crippen LogP contribution in [0.4, 0.5) is 0 Å². The summed E-state index contributed by atoms with van der Waals surface area (Å²) in [7, 11) is 0. The van der Waals surface area contributed by atoms with Crippen LogP contribution < -0.4 is 0 Å². The predicted molar refractivity (Wildman–Crippen MR) is 73.9 cm³/mol. The van der Waals surface area contributed by atoms with Gasteiger partial charge in [-0.25, -0.2) is 0 Å². The van der Waals surface area contributed by atoms with E-state index in [1.54, 1.807) is 11.3 Å². The molecular formula is C14H15ClOS. The molecule has 1 aromatic carbocycles. The fourth-order valence-electron chi connectivity index (χ4n) is 1.90. The van der Waals surface area contributed by atoms with E-state index in [0.717, 1.165) is 17.0 Å². The van der Waals surface area contributed by atoms with Crippen LogP contribution in [0.5, 0.6) is 0 Å². The summed E-state index contributed by atoms with van der Waals surface area (Å²) in [6.45, 7) is 2.21. The first-order valence-electron chi connectivity index (χ1n) is 5.53. The summed E-state index contributed by atoms with van der Waals surface area (Å²) >= 11 is 7.61. The quantitative estimate of drug-likeness (QED) is 0.890. The van der Waals surface area contributed by atoms with Crippen LogP contribution in [0.2, 0.25) is 5.02 Å². The first kappa shape index (κ1) is 12.6. The highest BCUT2D eigenvalue weighted by Gasteiger charge is 2.26. The molecule has 90 valence electrons. The molecule has 1 aromatic heterocycles. The molecule has 0 aliphatic rings. The Hall–Kier alpha value is -0.830. The monoisotopic (exact) mass is 266 g/mol. The van der Waals surface area contributed by atoms with E-state index in [-0.39, 0.29) is 12.0 Å². The summed E-state index contributed by atoms with van der Waals surface area (Å²) in [5.41, 5.74) is 0.882. The molecule has 3 heteroatoms. The highest BCUT2D eigenvalue weighted by Crippen LogP contribution is 2.30. The van der Waals surface area contributed by atoms with Crippen molar-refractivity contribution in [2.24, 2.45) is 0 Å². The molecule has 0 radical (unpaired) electrons. The largest absolute Gasteiger partial charge is 0.395 e. The molecule has 1 atom stereocenters. The molecule has 2 aromatic rings. The minimum Gasteiger partial charge on any atom is -0.395 e. The third-order valence-corrected chi connectivity index (χ3v) is 4.16. The van der Waals surface area contributed by atoms with Crippen LogP contribution in [0.15, 0.2) is 41.8 Å². The van der Waals surface area contributed by atoms with Gasteiger partial charge in [0.05, 0.1) is 6.61 Å². The zero-order valence-corrected chi connectivity index (χ0v) is 11.3. The summed E-state index contributed by atoms with van der Waals surface area (Å²) in [4.78, 5) is 1.29. The van der Waals surface area contributed by atoms with Crippen LogP contribution in [-0.4, -0.2) is 11.7 Å². The minimum atomic E-state index is -0.241. The fourth-order valence-corrected chi connectivity index (χ4v) is 2.92. The van der Waals surface area contributed by atoms with Crippen molar-refractivity contribution < 1.29 is 5.11 Å². The predicted octanol–water partition coefficient (Wildman–Crippen LogP) is 3.89. The molecule has 1 N–H and O–H groups in total. The van der Waals surface area contributed by atoms with Crippen molar-refractivity contribution in [2.45, 2.75) is 18.8 Å². The van der Waals surface area contributed by atoms with E-state index in [2.05, 4.69) is 18.4 Å². The van der Waals surface area contributed by atoms with E-state index in [1.165, 1.54) is 4.88 Å². The van der Waals surface area contributed by atoms with Crippen LogP contribution >= 0.6 is 22.9 Å².